The summed E-state index contributed by atoms with van der Waals surface area (Å²) in [5.74, 6) is 1.50. The van der Waals surface area contributed by atoms with Gasteiger partial charge in [-0.1, -0.05) is 0 Å². The monoisotopic (exact) mass is 269 g/mol. The molecule has 5 heteroatoms. The summed E-state index contributed by atoms with van der Waals surface area (Å²) in [6, 6.07) is 3.95. The van der Waals surface area contributed by atoms with Crippen molar-refractivity contribution in [2.24, 2.45) is 0 Å². The van der Waals surface area contributed by atoms with E-state index in [1.165, 1.54) is 0 Å². The number of aryl methyl sites for hydroxylation is 1. The van der Waals surface area contributed by atoms with Crippen molar-refractivity contribution in [3.8, 4) is 22.6 Å². The average molecular weight is 269 g/mol. The molecule has 20 heavy (non-hydrogen) atoms. The van der Waals surface area contributed by atoms with Crippen LogP contribution in [0.15, 0.2) is 30.9 Å². The number of methoxy groups -OCH3 is 2. The van der Waals surface area contributed by atoms with Crippen molar-refractivity contribution >= 4 is 11.0 Å². The van der Waals surface area contributed by atoms with E-state index < -0.39 is 0 Å². The third-order valence-corrected chi connectivity index (χ3v) is 3.25. The Labute approximate surface area is 116 Å². The van der Waals surface area contributed by atoms with Gasteiger partial charge in [-0.3, -0.25) is 4.98 Å². The van der Waals surface area contributed by atoms with Gasteiger partial charge in [0.05, 0.1) is 43.3 Å². The predicted octanol–water partition coefficient (Wildman–Crippen LogP) is 2.95. The summed E-state index contributed by atoms with van der Waals surface area (Å²) in [6.07, 6.45) is 5.18. The largest absolute Gasteiger partial charge is 0.496 e. The molecule has 0 aliphatic heterocycles. The zero-order valence-electron chi connectivity index (χ0n) is 11.6. The highest BCUT2D eigenvalue weighted by Crippen LogP contribution is 2.41. The van der Waals surface area contributed by atoms with Crippen LogP contribution in [-0.2, 0) is 0 Å². The molecule has 0 radical (unpaired) electrons. The first-order valence-corrected chi connectivity index (χ1v) is 6.24. The fraction of sp³-hybridized carbons (Fsp3) is 0.200. The molecule has 0 unspecified atom stereocenters. The molecule has 2 aromatic heterocycles. The SMILES string of the molecule is COc1cc(C)cc(OC)c1-c1cncc2[nH]cnc12. The van der Waals surface area contributed by atoms with Crippen LogP contribution in [-0.4, -0.2) is 29.2 Å². The van der Waals surface area contributed by atoms with Gasteiger partial charge in [0.1, 0.15) is 11.5 Å². The zero-order chi connectivity index (χ0) is 14.1. The quantitative estimate of drug-likeness (QED) is 0.794. The minimum Gasteiger partial charge on any atom is -0.496 e. The van der Waals surface area contributed by atoms with Crippen LogP contribution < -0.4 is 9.47 Å². The van der Waals surface area contributed by atoms with Gasteiger partial charge in [-0.2, -0.15) is 0 Å². The number of pyridine rings is 1. The summed E-state index contributed by atoms with van der Waals surface area (Å²) in [4.78, 5) is 11.7. The second-order valence-electron chi connectivity index (χ2n) is 4.53. The minimum absolute atomic E-state index is 0.749. The molecule has 0 amide bonds. The van der Waals surface area contributed by atoms with E-state index in [0.29, 0.717) is 0 Å². The molecule has 3 rings (SSSR count). The lowest BCUT2D eigenvalue weighted by Gasteiger charge is -2.14. The molecule has 5 nitrogen and oxygen atoms in total. The number of fused-ring (bicyclic) bond motifs is 1. The Morgan fingerprint density at radius 2 is 1.75 bits per heavy atom. The molecular formula is C15H15N3O2. The molecule has 0 bridgehead atoms. The van der Waals surface area contributed by atoms with Crippen molar-refractivity contribution in [3.05, 3.63) is 36.4 Å². The number of H-pyrrole nitrogens is 1. The molecule has 3 aromatic rings. The Morgan fingerprint density at radius 3 is 2.40 bits per heavy atom. The summed E-state index contributed by atoms with van der Waals surface area (Å²) in [5, 5.41) is 0. The van der Waals surface area contributed by atoms with Crippen molar-refractivity contribution in [3.63, 3.8) is 0 Å². The molecule has 102 valence electrons. The summed E-state index contributed by atoms with van der Waals surface area (Å²) in [6.45, 7) is 2.00. The van der Waals surface area contributed by atoms with Gasteiger partial charge in [0, 0.05) is 11.8 Å². The first-order valence-electron chi connectivity index (χ1n) is 6.24. The van der Waals surface area contributed by atoms with Crippen LogP contribution >= 0.6 is 0 Å². The smallest absolute Gasteiger partial charge is 0.130 e. The number of hydrogen-bond donors (Lipinski definition) is 1. The number of nitrogens with one attached hydrogen (secondary N) is 1. The van der Waals surface area contributed by atoms with Gasteiger partial charge in [0.15, 0.2) is 0 Å². The third-order valence-electron chi connectivity index (χ3n) is 3.25. The van der Waals surface area contributed by atoms with Gasteiger partial charge < -0.3 is 14.5 Å². The van der Waals surface area contributed by atoms with Crippen LogP contribution in [0.4, 0.5) is 0 Å². The van der Waals surface area contributed by atoms with E-state index in [-0.39, 0.29) is 0 Å². The highest BCUT2D eigenvalue weighted by Gasteiger charge is 2.17. The molecule has 1 aromatic carbocycles. The van der Waals surface area contributed by atoms with Gasteiger partial charge in [-0.25, -0.2) is 4.98 Å². The van der Waals surface area contributed by atoms with Crippen LogP contribution in [0.5, 0.6) is 11.5 Å². The van der Waals surface area contributed by atoms with Crippen LogP contribution in [0.25, 0.3) is 22.2 Å². The second-order valence-corrected chi connectivity index (χ2v) is 4.53. The summed E-state index contributed by atoms with van der Waals surface area (Å²) < 4.78 is 11.0. The third kappa shape index (κ3) is 1.87. The van der Waals surface area contributed by atoms with E-state index in [0.717, 1.165) is 39.2 Å². The second kappa shape index (κ2) is 4.85. The first-order chi connectivity index (χ1) is 9.74. The van der Waals surface area contributed by atoms with Crippen molar-refractivity contribution in [1.82, 2.24) is 15.0 Å². The summed E-state index contributed by atoms with van der Waals surface area (Å²) >= 11 is 0. The van der Waals surface area contributed by atoms with Gasteiger partial charge in [0.25, 0.3) is 0 Å². The predicted molar refractivity (Wildman–Crippen MR) is 77.2 cm³/mol. The zero-order valence-corrected chi connectivity index (χ0v) is 11.6. The fourth-order valence-corrected chi connectivity index (χ4v) is 2.36. The number of ether oxygens (including phenoxy) is 2. The maximum Gasteiger partial charge on any atom is 0.130 e. The highest BCUT2D eigenvalue weighted by atomic mass is 16.5. The molecular weight excluding hydrogens is 254 g/mol. The van der Waals surface area contributed by atoms with Crippen LogP contribution in [0.3, 0.4) is 0 Å². The Balaban J connectivity index is 2.36. The van der Waals surface area contributed by atoms with Gasteiger partial charge in [-0.15, -0.1) is 0 Å². The molecule has 2 heterocycles. The number of aromatic amines is 1. The van der Waals surface area contributed by atoms with Crippen molar-refractivity contribution in [1.29, 1.82) is 0 Å². The van der Waals surface area contributed by atoms with E-state index in [9.17, 15) is 0 Å². The standard InChI is InChI=1S/C15H15N3O2/c1-9-4-12(19-2)14(13(5-9)20-3)10-6-16-7-11-15(10)18-8-17-11/h4-8H,1-3H3,(H,17,18). The van der Waals surface area contributed by atoms with Crippen molar-refractivity contribution < 1.29 is 9.47 Å². The molecule has 0 fully saturated rings. The van der Waals surface area contributed by atoms with Gasteiger partial charge in [-0.05, 0) is 24.6 Å². The van der Waals surface area contributed by atoms with Crippen LogP contribution in [0.1, 0.15) is 5.56 Å². The van der Waals surface area contributed by atoms with E-state index in [1.807, 2.05) is 19.1 Å². The Morgan fingerprint density at radius 1 is 1.05 bits per heavy atom. The Bertz CT molecular complexity index is 740. The van der Waals surface area contributed by atoms with Crippen molar-refractivity contribution in [2.45, 2.75) is 6.92 Å². The number of hydrogen-bond acceptors (Lipinski definition) is 4. The Kier molecular flexibility index (Phi) is 3.02. The lowest BCUT2D eigenvalue weighted by Crippen LogP contribution is -1.95. The first kappa shape index (κ1) is 12.5. The lowest BCUT2D eigenvalue weighted by atomic mass is 10.0. The number of benzene rings is 1. The lowest BCUT2D eigenvalue weighted by molar-refractivity contribution is 0.397. The summed E-state index contributed by atoms with van der Waals surface area (Å²) in [5.41, 5.74) is 4.56. The summed E-state index contributed by atoms with van der Waals surface area (Å²) in [7, 11) is 3.30. The normalized spacial score (nSPS) is 10.8. The minimum atomic E-state index is 0.749. The molecule has 0 spiro atoms. The van der Waals surface area contributed by atoms with E-state index in [2.05, 4.69) is 15.0 Å². The molecule has 0 aliphatic rings. The van der Waals surface area contributed by atoms with Crippen LogP contribution in [0.2, 0.25) is 0 Å². The number of nitrogens with zero attached hydrogens (tertiary/aromatic N) is 2. The van der Waals surface area contributed by atoms with Gasteiger partial charge >= 0.3 is 0 Å². The van der Waals surface area contributed by atoms with E-state index in [4.69, 9.17) is 9.47 Å². The number of aromatic nitrogens is 3. The van der Waals surface area contributed by atoms with E-state index in [1.54, 1.807) is 32.9 Å². The average Bonchev–Trinajstić information content (AvgIpc) is 2.94. The molecule has 0 saturated carbocycles. The van der Waals surface area contributed by atoms with Crippen LogP contribution in [0, 0.1) is 6.92 Å². The Hall–Kier alpha value is -2.56. The fourth-order valence-electron chi connectivity index (χ4n) is 2.36. The van der Waals surface area contributed by atoms with Gasteiger partial charge in [0.2, 0.25) is 0 Å². The maximum atomic E-state index is 5.50. The van der Waals surface area contributed by atoms with Crippen molar-refractivity contribution in [2.75, 3.05) is 14.2 Å². The highest BCUT2D eigenvalue weighted by molar-refractivity contribution is 5.94. The molecule has 0 atom stereocenters. The van der Waals surface area contributed by atoms with E-state index >= 15 is 0 Å². The molecule has 1 N–H and O–H groups in total. The molecule has 0 saturated heterocycles. The number of rotatable bonds is 3. The topological polar surface area (TPSA) is 60.0 Å². The number of imidazole rings is 1. The molecule has 0 aliphatic carbocycles. The maximum absolute atomic E-state index is 5.50.